The van der Waals surface area contributed by atoms with Gasteiger partial charge in [0.25, 0.3) is 5.91 Å². The number of nitrogens with zero attached hydrogens (tertiary/aromatic N) is 6. The van der Waals surface area contributed by atoms with Crippen LogP contribution < -0.4 is 4.90 Å². The highest BCUT2D eigenvalue weighted by molar-refractivity contribution is 7.08. The Bertz CT molecular complexity index is 776. The minimum Gasteiger partial charge on any atom is -0.368 e. The van der Waals surface area contributed by atoms with E-state index in [1.165, 1.54) is 24.4 Å². The fraction of sp³-hybridized carbons (Fsp3) is 0.588. The average molecular weight is 374 g/mol. The van der Waals surface area contributed by atoms with Gasteiger partial charge in [-0.25, -0.2) is 9.97 Å². The number of aryl methyl sites for hydroxylation is 1. The van der Waals surface area contributed by atoms with Crippen LogP contribution in [-0.2, 0) is 11.2 Å². The Hall–Kier alpha value is -2.13. The van der Waals surface area contributed by atoms with Gasteiger partial charge in [-0.3, -0.25) is 4.79 Å². The van der Waals surface area contributed by atoms with Gasteiger partial charge in [0, 0.05) is 25.8 Å². The first kappa shape index (κ1) is 17.3. The molecule has 8 nitrogen and oxygen atoms in total. The number of morpholine rings is 1. The monoisotopic (exact) mass is 374 g/mol. The van der Waals surface area contributed by atoms with Gasteiger partial charge >= 0.3 is 0 Å². The van der Waals surface area contributed by atoms with E-state index in [1.807, 2.05) is 17.9 Å². The first-order chi connectivity index (χ1) is 12.8. The van der Waals surface area contributed by atoms with E-state index >= 15 is 0 Å². The van der Waals surface area contributed by atoms with Crippen molar-refractivity contribution in [2.45, 2.75) is 32.3 Å². The third kappa shape index (κ3) is 3.41. The highest BCUT2D eigenvalue weighted by atomic mass is 32.1. The number of carbonyl (C=O) groups is 1. The molecular formula is C17H22N6O2S. The van der Waals surface area contributed by atoms with Crippen LogP contribution in [0.25, 0.3) is 0 Å². The molecule has 2 fully saturated rings. The van der Waals surface area contributed by atoms with Crippen molar-refractivity contribution in [2.24, 2.45) is 0 Å². The second kappa shape index (κ2) is 7.63. The summed E-state index contributed by atoms with van der Waals surface area (Å²) >= 11 is 1.17. The van der Waals surface area contributed by atoms with Gasteiger partial charge in [-0.2, -0.15) is 0 Å². The lowest BCUT2D eigenvalue weighted by atomic mass is 10.2. The maximum atomic E-state index is 12.9. The minimum atomic E-state index is -0.233. The molecule has 2 saturated heterocycles. The molecule has 1 atom stereocenters. The Balaban J connectivity index is 1.50. The molecule has 0 saturated carbocycles. The second-order valence-corrected chi connectivity index (χ2v) is 7.24. The van der Waals surface area contributed by atoms with Crippen LogP contribution in [-0.4, -0.2) is 63.1 Å². The van der Waals surface area contributed by atoms with Gasteiger partial charge in [0.15, 0.2) is 0 Å². The van der Waals surface area contributed by atoms with E-state index < -0.39 is 0 Å². The summed E-state index contributed by atoms with van der Waals surface area (Å²) in [6.07, 6.45) is 4.61. The van der Waals surface area contributed by atoms with Crippen molar-refractivity contribution < 1.29 is 9.53 Å². The number of anilines is 1. The molecule has 26 heavy (non-hydrogen) atoms. The van der Waals surface area contributed by atoms with Gasteiger partial charge in [0.2, 0.25) is 5.95 Å². The van der Waals surface area contributed by atoms with E-state index in [2.05, 4.69) is 19.5 Å². The predicted octanol–water partition coefficient (Wildman–Crippen LogP) is 1.70. The third-order valence-corrected chi connectivity index (χ3v) is 5.58. The molecule has 4 rings (SSSR count). The quantitative estimate of drug-likeness (QED) is 0.805. The number of hydrogen-bond donors (Lipinski definition) is 0. The molecule has 9 heteroatoms. The lowest BCUT2D eigenvalue weighted by Gasteiger charge is -2.32. The SMILES string of the molecule is CCc1nnsc1C(=O)N1CCOC(c2ccnc(N3CCCC3)n2)C1. The smallest absolute Gasteiger partial charge is 0.267 e. The van der Waals surface area contributed by atoms with Crippen LogP contribution in [0.2, 0.25) is 0 Å². The van der Waals surface area contributed by atoms with E-state index in [0.29, 0.717) is 31.0 Å². The molecule has 1 amide bonds. The molecule has 0 radical (unpaired) electrons. The summed E-state index contributed by atoms with van der Waals surface area (Å²) in [5, 5.41) is 4.05. The zero-order chi connectivity index (χ0) is 17.9. The molecule has 0 N–H and O–H groups in total. The largest absolute Gasteiger partial charge is 0.368 e. The first-order valence-electron chi connectivity index (χ1n) is 9.06. The summed E-state index contributed by atoms with van der Waals surface area (Å²) in [6, 6.07) is 1.88. The number of hydrogen-bond acceptors (Lipinski definition) is 8. The van der Waals surface area contributed by atoms with Crippen LogP contribution in [0, 0.1) is 0 Å². The highest BCUT2D eigenvalue weighted by Gasteiger charge is 2.30. The van der Waals surface area contributed by atoms with E-state index in [-0.39, 0.29) is 12.0 Å². The molecule has 0 bridgehead atoms. The standard InChI is InChI=1S/C17H22N6O2S/c1-2-12-15(26-21-20-12)16(24)23-9-10-25-14(11-23)13-5-6-18-17(19-13)22-7-3-4-8-22/h5-6,14H,2-4,7-11H2,1H3. The highest BCUT2D eigenvalue weighted by Crippen LogP contribution is 2.25. The summed E-state index contributed by atoms with van der Waals surface area (Å²) in [5.41, 5.74) is 1.60. The van der Waals surface area contributed by atoms with Crippen molar-refractivity contribution in [3.8, 4) is 0 Å². The number of carbonyl (C=O) groups excluding carboxylic acids is 1. The molecule has 2 aromatic heterocycles. The molecule has 138 valence electrons. The molecule has 4 heterocycles. The molecule has 2 aromatic rings. The maximum absolute atomic E-state index is 12.9. The zero-order valence-electron chi connectivity index (χ0n) is 14.8. The fourth-order valence-corrected chi connectivity index (χ4v) is 4.09. The van der Waals surface area contributed by atoms with E-state index in [0.717, 1.165) is 30.4 Å². The van der Waals surface area contributed by atoms with Gasteiger partial charge in [0.1, 0.15) is 11.0 Å². The summed E-state index contributed by atoms with van der Waals surface area (Å²) < 4.78 is 9.83. The average Bonchev–Trinajstić information content (AvgIpc) is 3.39. The van der Waals surface area contributed by atoms with Gasteiger partial charge < -0.3 is 14.5 Å². The number of ether oxygens (including phenoxy) is 1. The Labute approximate surface area is 156 Å². The van der Waals surface area contributed by atoms with Gasteiger partial charge in [-0.15, -0.1) is 5.10 Å². The fourth-order valence-electron chi connectivity index (χ4n) is 3.37. The maximum Gasteiger partial charge on any atom is 0.267 e. The van der Waals surface area contributed by atoms with E-state index in [1.54, 1.807) is 6.20 Å². The molecule has 0 spiro atoms. The zero-order valence-corrected chi connectivity index (χ0v) is 15.6. The van der Waals surface area contributed by atoms with Crippen molar-refractivity contribution in [3.63, 3.8) is 0 Å². The number of rotatable bonds is 4. The Kier molecular flexibility index (Phi) is 5.07. The summed E-state index contributed by atoms with van der Waals surface area (Å²) in [6.45, 7) is 5.52. The topological polar surface area (TPSA) is 84.3 Å². The molecule has 1 unspecified atom stereocenters. The van der Waals surface area contributed by atoms with Crippen molar-refractivity contribution in [2.75, 3.05) is 37.7 Å². The molecule has 2 aliphatic rings. The lowest BCUT2D eigenvalue weighted by Crippen LogP contribution is -2.42. The van der Waals surface area contributed by atoms with Crippen LogP contribution in [0.1, 0.15) is 46.9 Å². The second-order valence-electron chi connectivity index (χ2n) is 6.49. The molecule has 2 aliphatic heterocycles. The van der Waals surface area contributed by atoms with Gasteiger partial charge in [-0.05, 0) is 36.9 Å². The van der Waals surface area contributed by atoms with Crippen LogP contribution in [0.3, 0.4) is 0 Å². The van der Waals surface area contributed by atoms with Crippen LogP contribution in [0.4, 0.5) is 5.95 Å². The molecular weight excluding hydrogens is 352 g/mol. The van der Waals surface area contributed by atoms with Crippen LogP contribution in [0.5, 0.6) is 0 Å². The number of aromatic nitrogens is 4. The summed E-state index contributed by atoms with van der Waals surface area (Å²) in [4.78, 5) is 26.6. The third-order valence-electron chi connectivity index (χ3n) is 4.82. The Morgan fingerprint density at radius 2 is 2.19 bits per heavy atom. The number of amides is 1. The van der Waals surface area contributed by atoms with Gasteiger partial charge in [-0.1, -0.05) is 11.4 Å². The molecule has 0 aromatic carbocycles. The minimum absolute atomic E-state index is 0.0148. The normalized spacial score (nSPS) is 20.6. The van der Waals surface area contributed by atoms with Crippen LogP contribution >= 0.6 is 11.5 Å². The van der Waals surface area contributed by atoms with Gasteiger partial charge in [0.05, 0.1) is 24.5 Å². The van der Waals surface area contributed by atoms with Crippen molar-refractivity contribution in [1.29, 1.82) is 0 Å². The summed E-state index contributed by atoms with van der Waals surface area (Å²) in [5.74, 6) is 0.742. The van der Waals surface area contributed by atoms with Crippen LogP contribution in [0.15, 0.2) is 12.3 Å². The Morgan fingerprint density at radius 1 is 1.35 bits per heavy atom. The Morgan fingerprint density at radius 3 is 3.00 bits per heavy atom. The first-order valence-corrected chi connectivity index (χ1v) is 9.83. The predicted molar refractivity (Wildman–Crippen MR) is 97.4 cm³/mol. The molecule has 0 aliphatic carbocycles. The van der Waals surface area contributed by atoms with E-state index in [4.69, 9.17) is 9.72 Å². The van der Waals surface area contributed by atoms with Crippen molar-refractivity contribution in [3.05, 3.63) is 28.5 Å². The summed E-state index contributed by atoms with van der Waals surface area (Å²) in [7, 11) is 0. The lowest BCUT2D eigenvalue weighted by molar-refractivity contribution is -0.0246. The van der Waals surface area contributed by atoms with Crippen molar-refractivity contribution >= 4 is 23.4 Å². The van der Waals surface area contributed by atoms with Crippen molar-refractivity contribution in [1.82, 2.24) is 24.5 Å². The van der Waals surface area contributed by atoms with E-state index in [9.17, 15) is 4.79 Å².